The van der Waals surface area contributed by atoms with Crippen molar-refractivity contribution in [3.8, 4) is 5.75 Å². The normalized spacial score (nSPS) is 11.5. The van der Waals surface area contributed by atoms with Crippen molar-refractivity contribution in [1.82, 2.24) is 0 Å². The van der Waals surface area contributed by atoms with Crippen LogP contribution in [-0.4, -0.2) is 12.1 Å². The minimum absolute atomic E-state index is 0.168. The lowest BCUT2D eigenvalue weighted by Crippen LogP contribution is -2.22. The van der Waals surface area contributed by atoms with E-state index < -0.39 is 0 Å². The van der Waals surface area contributed by atoms with E-state index in [9.17, 15) is 0 Å². The molecule has 0 bridgehead atoms. The summed E-state index contributed by atoms with van der Waals surface area (Å²) in [6, 6.07) is 17.7. The van der Waals surface area contributed by atoms with Gasteiger partial charge in [-0.05, 0) is 43.7 Å². The molecule has 0 saturated carbocycles. The SMILES string of the molecule is CC(C)Oc1ccc(NC(N)=NCc2ccccc2)cc1. The molecule has 0 amide bonds. The van der Waals surface area contributed by atoms with Crippen LogP contribution in [0.5, 0.6) is 5.75 Å². The number of benzene rings is 2. The number of rotatable bonds is 5. The fourth-order valence-electron chi connectivity index (χ4n) is 1.84. The van der Waals surface area contributed by atoms with E-state index in [1.54, 1.807) is 0 Å². The predicted molar refractivity (Wildman–Crippen MR) is 87.6 cm³/mol. The molecule has 2 aromatic carbocycles. The molecule has 2 rings (SSSR count). The highest BCUT2D eigenvalue weighted by atomic mass is 16.5. The molecular formula is C17H21N3O. The van der Waals surface area contributed by atoms with Gasteiger partial charge in [-0.1, -0.05) is 30.3 Å². The van der Waals surface area contributed by atoms with E-state index in [0.717, 1.165) is 17.0 Å². The third kappa shape index (κ3) is 5.18. The molecule has 0 atom stereocenters. The van der Waals surface area contributed by atoms with Crippen molar-refractivity contribution in [2.24, 2.45) is 10.7 Å². The molecule has 0 unspecified atom stereocenters. The van der Waals surface area contributed by atoms with Crippen molar-refractivity contribution in [2.45, 2.75) is 26.5 Å². The van der Waals surface area contributed by atoms with Crippen LogP contribution in [0.1, 0.15) is 19.4 Å². The number of nitrogens with one attached hydrogen (secondary N) is 1. The Balaban J connectivity index is 1.91. The summed E-state index contributed by atoms with van der Waals surface area (Å²) in [5.74, 6) is 1.24. The van der Waals surface area contributed by atoms with Gasteiger partial charge in [-0.3, -0.25) is 0 Å². The average molecular weight is 283 g/mol. The Morgan fingerprint density at radius 1 is 1.10 bits per heavy atom. The lowest BCUT2D eigenvalue weighted by molar-refractivity contribution is 0.242. The molecule has 0 aromatic heterocycles. The summed E-state index contributed by atoms with van der Waals surface area (Å²) in [6.45, 7) is 4.56. The van der Waals surface area contributed by atoms with E-state index in [-0.39, 0.29) is 6.10 Å². The first kappa shape index (κ1) is 14.9. The van der Waals surface area contributed by atoms with Crippen LogP contribution < -0.4 is 15.8 Å². The van der Waals surface area contributed by atoms with Gasteiger partial charge in [0.25, 0.3) is 0 Å². The fraction of sp³-hybridized carbons (Fsp3) is 0.235. The molecule has 0 aliphatic carbocycles. The average Bonchev–Trinajstić information content (AvgIpc) is 2.48. The molecule has 0 aliphatic heterocycles. The molecule has 0 spiro atoms. The molecule has 0 heterocycles. The van der Waals surface area contributed by atoms with Crippen LogP contribution in [-0.2, 0) is 6.54 Å². The van der Waals surface area contributed by atoms with Crippen LogP contribution in [0, 0.1) is 0 Å². The monoisotopic (exact) mass is 283 g/mol. The molecule has 0 radical (unpaired) electrons. The molecular weight excluding hydrogens is 262 g/mol. The maximum Gasteiger partial charge on any atom is 0.193 e. The zero-order chi connectivity index (χ0) is 15.1. The van der Waals surface area contributed by atoms with Crippen molar-refractivity contribution in [1.29, 1.82) is 0 Å². The second kappa shape index (κ2) is 7.33. The molecule has 110 valence electrons. The fourth-order valence-corrected chi connectivity index (χ4v) is 1.84. The first-order chi connectivity index (χ1) is 10.1. The minimum atomic E-state index is 0.168. The second-order valence-corrected chi connectivity index (χ2v) is 5.00. The van der Waals surface area contributed by atoms with Gasteiger partial charge in [-0.25, -0.2) is 4.99 Å². The Labute approximate surface area is 125 Å². The largest absolute Gasteiger partial charge is 0.491 e. The lowest BCUT2D eigenvalue weighted by Gasteiger charge is -2.10. The topological polar surface area (TPSA) is 59.6 Å². The maximum absolute atomic E-state index is 5.88. The maximum atomic E-state index is 5.88. The molecule has 21 heavy (non-hydrogen) atoms. The van der Waals surface area contributed by atoms with Crippen molar-refractivity contribution in [2.75, 3.05) is 5.32 Å². The van der Waals surface area contributed by atoms with Crippen LogP contribution in [0.25, 0.3) is 0 Å². The summed E-state index contributed by atoms with van der Waals surface area (Å²) in [5.41, 5.74) is 7.90. The summed E-state index contributed by atoms with van der Waals surface area (Å²) in [4.78, 5) is 4.31. The van der Waals surface area contributed by atoms with E-state index in [1.165, 1.54) is 0 Å². The van der Waals surface area contributed by atoms with Gasteiger partial charge in [0.1, 0.15) is 5.75 Å². The number of hydrogen-bond donors (Lipinski definition) is 2. The van der Waals surface area contributed by atoms with Gasteiger partial charge in [0.05, 0.1) is 12.6 Å². The number of anilines is 1. The zero-order valence-electron chi connectivity index (χ0n) is 12.4. The number of guanidine groups is 1. The summed E-state index contributed by atoms with van der Waals surface area (Å²) < 4.78 is 5.59. The van der Waals surface area contributed by atoms with E-state index in [2.05, 4.69) is 10.3 Å². The van der Waals surface area contributed by atoms with Gasteiger partial charge >= 0.3 is 0 Å². The molecule has 0 fully saturated rings. The number of nitrogens with two attached hydrogens (primary N) is 1. The number of aliphatic imine (C=N–C) groups is 1. The number of hydrogen-bond acceptors (Lipinski definition) is 2. The van der Waals surface area contributed by atoms with E-state index in [4.69, 9.17) is 10.5 Å². The van der Waals surface area contributed by atoms with Crippen LogP contribution in [0.3, 0.4) is 0 Å². The van der Waals surface area contributed by atoms with Crippen LogP contribution in [0.2, 0.25) is 0 Å². The highest BCUT2D eigenvalue weighted by molar-refractivity contribution is 5.92. The smallest absolute Gasteiger partial charge is 0.193 e. The van der Waals surface area contributed by atoms with Gasteiger partial charge < -0.3 is 15.8 Å². The second-order valence-electron chi connectivity index (χ2n) is 5.00. The van der Waals surface area contributed by atoms with Gasteiger partial charge in [-0.2, -0.15) is 0 Å². The summed E-state index contributed by atoms with van der Waals surface area (Å²) >= 11 is 0. The van der Waals surface area contributed by atoms with Crippen LogP contribution in [0.15, 0.2) is 59.6 Å². The van der Waals surface area contributed by atoms with Crippen molar-refractivity contribution < 1.29 is 4.74 Å². The zero-order valence-corrected chi connectivity index (χ0v) is 12.4. The van der Waals surface area contributed by atoms with Crippen molar-refractivity contribution in [3.05, 3.63) is 60.2 Å². The Bertz CT molecular complexity index is 577. The van der Waals surface area contributed by atoms with E-state index in [1.807, 2.05) is 68.4 Å². The first-order valence-electron chi connectivity index (χ1n) is 7.01. The quantitative estimate of drug-likeness (QED) is 0.653. The van der Waals surface area contributed by atoms with E-state index >= 15 is 0 Å². The third-order valence-corrected chi connectivity index (χ3v) is 2.77. The first-order valence-corrected chi connectivity index (χ1v) is 7.01. The van der Waals surface area contributed by atoms with Crippen molar-refractivity contribution >= 4 is 11.6 Å². The summed E-state index contributed by atoms with van der Waals surface area (Å²) in [5, 5.41) is 3.06. The molecule has 3 N–H and O–H groups in total. The Kier molecular flexibility index (Phi) is 5.21. The van der Waals surface area contributed by atoms with E-state index in [0.29, 0.717) is 12.5 Å². The van der Waals surface area contributed by atoms with Crippen LogP contribution >= 0.6 is 0 Å². The molecule has 2 aromatic rings. The Morgan fingerprint density at radius 2 is 1.76 bits per heavy atom. The molecule has 4 nitrogen and oxygen atoms in total. The number of nitrogens with zero attached hydrogens (tertiary/aromatic N) is 1. The summed E-state index contributed by atoms with van der Waals surface area (Å²) in [6.07, 6.45) is 0.168. The highest BCUT2D eigenvalue weighted by Crippen LogP contribution is 2.16. The minimum Gasteiger partial charge on any atom is -0.491 e. The predicted octanol–water partition coefficient (Wildman–Crippen LogP) is 3.40. The summed E-state index contributed by atoms with van der Waals surface area (Å²) in [7, 11) is 0. The third-order valence-electron chi connectivity index (χ3n) is 2.77. The van der Waals surface area contributed by atoms with Gasteiger partial charge in [0, 0.05) is 5.69 Å². The highest BCUT2D eigenvalue weighted by Gasteiger charge is 1.99. The Morgan fingerprint density at radius 3 is 2.38 bits per heavy atom. The van der Waals surface area contributed by atoms with Crippen molar-refractivity contribution in [3.63, 3.8) is 0 Å². The molecule has 0 saturated heterocycles. The standard InChI is InChI=1S/C17H21N3O/c1-13(2)21-16-10-8-15(9-11-16)20-17(18)19-12-14-6-4-3-5-7-14/h3-11,13H,12H2,1-2H3,(H3,18,19,20). The van der Waals surface area contributed by atoms with Gasteiger partial charge in [0.2, 0.25) is 0 Å². The van der Waals surface area contributed by atoms with Crippen LogP contribution in [0.4, 0.5) is 5.69 Å². The van der Waals surface area contributed by atoms with Gasteiger partial charge in [0.15, 0.2) is 5.96 Å². The lowest BCUT2D eigenvalue weighted by atomic mass is 10.2. The molecule has 0 aliphatic rings. The number of ether oxygens (including phenoxy) is 1. The molecule has 4 heteroatoms. The Hall–Kier alpha value is -2.49. The van der Waals surface area contributed by atoms with Gasteiger partial charge in [-0.15, -0.1) is 0 Å².